The van der Waals surface area contributed by atoms with Crippen LogP contribution in [-0.2, 0) is 10.0 Å². The molecule has 1 saturated heterocycles. The molecule has 4 nitrogen and oxygen atoms in total. The van der Waals surface area contributed by atoms with Gasteiger partial charge >= 0.3 is 0 Å². The maximum absolute atomic E-state index is 12.9. The Morgan fingerprint density at radius 1 is 1.20 bits per heavy atom. The molecule has 1 fully saturated rings. The Bertz CT molecular complexity index is 648. The fraction of sp³-hybridized carbons (Fsp3) is 0.600. The van der Waals surface area contributed by atoms with Crippen molar-refractivity contribution in [2.45, 2.75) is 45.9 Å². The molecule has 0 atom stereocenters. The van der Waals surface area contributed by atoms with Crippen LogP contribution in [0.5, 0.6) is 0 Å². The lowest BCUT2D eigenvalue weighted by Gasteiger charge is -2.23. The summed E-state index contributed by atoms with van der Waals surface area (Å²) < 4.78 is 27.4. The third-order valence-corrected chi connectivity index (χ3v) is 6.34. The Hall–Kier alpha value is -1.07. The number of rotatable bonds is 2. The first-order valence-electron chi connectivity index (χ1n) is 6.93. The van der Waals surface area contributed by atoms with Crippen LogP contribution in [0, 0.1) is 26.2 Å². The Morgan fingerprint density at radius 3 is 2.30 bits per heavy atom. The zero-order valence-corrected chi connectivity index (χ0v) is 13.8. The predicted octanol–water partition coefficient (Wildman–Crippen LogP) is 2.61. The molecule has 0 bridgehead atoms. The molecule has 5 heteroatoms. The van der Waals surface area contributed by atoms with Crippen LogP contribution in [0.4, 0.5) is 5.69 Å². The molecule has 0 saturated carbocycles. The zero-order chi connectivity index (χ0) is 15.3. The monoisotopic (exact) mass is 296 g/mol. The van der Waals surface area contributed by atoms with E-state index in [0.717, 1.165) is 17.5 Å². The maximum atomic E-state index is 12.9. The second kappa shape index (κ2) is 4.74. The lowest BCUT2D eigenvalue weighted by atomic mass is 9.93. The van der Waals surface area contributed by atoms with E-state index < -0.39 is 10.0 Å². The standard InChI is InChI=1S/C15H24N2O2S/c1-10-8-11(2)14(12(3)13(10)16)20(18,19)17-7-6-15(4,5)9-17/h8H,6-7,9,16H2,1-5H3. The average Bonchev–Trinajstić information content (AvgIpc) is 2.67. The first kappa shape index (κ1) is 15.3. The van der Waals surface area contributed by atoms with Crippen molar-refractivity contribution in [3.8, 4) is 0 Å². The van der Waals surface area contributed by atoms with E-state index in [9.17, 15) is 8.42 Å². The van der Waals surface area contributed by atoms with Crippen LogP contribution in [0.25, 0.3) is 0 Å². The number of hydrogen-bond donors (Lipinski definition) is 1. The van der Waals surface area contributed by atoms with Crippen molar-refractivity contribution in [3.63, 3.8) is 0 Å². The van der Waals surface area contributed by atoms with E-state index in [4.69, 9.17) is 5.73 Å². The third-order valence-electron chi connectivity index (χ3n) is 4.20. The van der Waals surface area contributed by atoms with Gasteiger partial charge in [0, 0.05) is 18.8 Å². The number of sulfonamides is 1. The van der Waals surface area contributed by atoms with Crippen LogP contribution >= 0.6 is 0 Å². The molecule has 1 aromatic rings. The van der Waals surface area contributed by atoms with E-state index in [1.54, 1.807) is 11.2 Å². The van der Waals surface area contributed by atoms with Crippen molar-refractivity contribution in [2.24, 2.45) is 5.41 Å². The van der Waals surface area contributed by atoms with Crippen molar-refractivity contribution in [3.05, 3.63) is 22.8 Å². The van der Waals surface area contributed by atoms with Crippen LogP contribution in [0.3, 0.4) is 0 Å². The molecular formula is C15H24N2O2S. The van der Waals surface area contributed by atoms with Crippen LogP contribution in [0.1, 0.15) is 37.0 Å². The summed E-state index contributed by atoms with van der Waals surface area (Å²) in [5, 5.41) is 0. The molecule has 0 spiro atoms. The molecule has 0 unspecified atom stereocenters. The highest BCUT2D eigenvalue weighted by Crippen LogP contribution is 2.36. The number of hydrogen-bond acceptors (Lipinski definition) is 3. The first-order chi connectivity index (χ1) is 9.06. The Morgan fingerprint density at radius 2 is 1.80 bits per heavy atom. The van der Waals surface area contributed by atoms with Crippen LogP contribution in [-0.4, -0.2) is 25.8 Å². The molecule has 1 aliphatic rings. The lowest BCUT2D eigenvalue weighted by Crippen LogP contribution is -2.31. The Labute approximate surface area is 122 Å². The van der Waals surface area contributed by atoms with Gasteiger partial charge in [-0.3, -0.25) is 0 Å². The van der Waals surface area contributed by atoms with E-state index in [-0.39, 0.29) is 5.41 Å². The molecule has 0 amide bonds. The fourth-order valence-corrected chi connectivity index (χ4v) is 5.05. The van der Waals surface area contributed by atoms with E-state index in [0.29, 0.717) is 29.2 Å². The smallest absolute Gasteiger partial charge is 0.243 e. The highest BCUT2D eigenvalue weighted by Gasteiger charge is 2.38. The Kier molecular flexibility index (Phi) is 3.63. The van der Waals surface area contributed by atoms with E-state index in [1.165, 1.54) is 0 Å². The second-order valence-electron chi connectivity index (χ2n) is 6.63. The molecule has 2 N–H and O–H groups in total. The molecule has 2 rings (SSSR count). The van der Waals surface area contributed by atoms with Gasteiger partial charge in [0.1, 0.15) is 0 Å². The van der Waals surface area contributed by atoms with E-state index in [2.05, 4.69) is 13.8 Å². The van der Waals surface area contributed by atoms with Gasteiger partial charge in [0.05, 0.1) is 4.90 Å². The van der Waals surface area contributed by atoms with Gasteiger partial charge in [0.2, 0.25) is 10.0 Å². The minimum absolute atomic E-state index is 0.0467. The fourth-order valence-electron chi connectivity index (χ4n) is 2.98. The molecule has 112 valence electrons. The van der Waals surface area contributed by atoms with Gasteiger partial charge in [0.25, 0.3) is 0 Å². The summed E-state index contributed by atoms with van der Waals surface area (Å²) in [7, 11) is -3.46. The second-order valence-corrected chi connectivity index (χ2v) is 8.51. The van der Waals surface area contributed by atoms with Gasteiger partial charge in [-0.25, -0.2) is 8.42 Å². The summed E-state index contributed by atoms with van der Waals surface area (Å²) in [4.78, 5) is 0.387. The molecule has 0 aromatic heterocycles. The molecule has 1 aromatic carbocycles. The highest BCUT2D eigenvalue weighted by molar-refractivity contribution is 7.89. The van der Waals surface area contributed by atoms with Crippen molar-refractivity contribution in [2.75, 3.05) is 18.8 Å². The zero-order valence-electron chi connectivity index (χ0n) is 12.9. The van der Waals surface area contributed by atoms with Crippen molar-refractivity contribution in [1.29, 1.82) is 0 Å². The summed E-state index contributed by atoms with van der Waals surface area (Å²) in [6.45, 7) is 10.9. The quantitative estimate of drug-likeness (QED) is 0.853. The summed E-state index contributed by atoms with van der Waals surface area (Å²) in [5.41, 5.74) is 9.02. The molecular weight excluding hydrogens is 272 g/mol. The summed E-state index contributed by atoms with van der Waals surface area (Å²) >= 11 is 0. The van der Waals surface area contributed by atoms with Gasteiger partial charge in [-0.1, -0.05) is 19.9 Å². The predicted molar refractivity (Wildman–Crippen MR) is 82.2 cm³/mol. The van der Waals surface area contributed by atoms with Crippen LogP contribution in [0.2, 0.25) is 0 Å². The number of nitrogens with two attached hydrogens (primary N) is 1. The van der Waals surface area contributed by atoms with Gasteiger partial charge in [-0.2, -0.15) is 4.31 Å². The van der Waals surface area contributed by atoms with Gasteiger partial charge in [-0.05, 0) is 49.3 Å². The number of nitrogens with zero attached hydrogens (tertiary/aromatic N) is 1. The number of aryl methyl sites for hydroxylation is 2. The van der Waals surface area contributed by atoms with Crippen molar-refractivity contribution < 1.29 is 8.42 Å². The molecule has 1 aliphatic heterocycles. The number of benzene rings is 1. The molecule has 1 heterocycles. The largest absolute Gasteiger partial charge is 0.398 e. The summed E-state index contributed by atoms with van der Waals surface area (Å²) in [5.74, 6) is 0. The number of anilines is 1. The first-order valence-corrected chi connectivity index (χ1v) is 8.37. The van der Waals surface area contributed by atoms with E-state index >= 15 is 0 Å². The van der Waals surface area contributed by atoms with Gasteiger partial charge < -0.3 is 5.73 Å². The van der Waals surface area contributed by atoms with Gasteiger partial charge in [0.15, 0.2) is 0 Å². The minimum atomic E-state index is -3.46. The molecule has 0 aliphatic carbocycles. The van der Waals surface area contributed by atoms with Crippen LogP contribution in [0.15, 0.2) is 11.0 Å². The summed E-state index contributed by atoms with van der Waals surface area (Å²) in [6.07, 6.45) is 0.895. The Balaban J connectivity index is 2.54. The van der Waals surface area contributed by atoms with Crippen molar-refractivity contribution >= 4 is 15.7 Å². The van der Waals surface area contributed by atoms with Crippen molar-refractivity contribution in [1.82, 2.24) is 4.31 Å². The van der Waals surface area contributed by atoms with E-state index in [1.807, 2.05) is 19.9 Å². The average molecular weight is 296 g/mol. The van der Waals surface area contributed by atoms with Crippen LogP contribution < -0.4 is 5.73 Å². The lowest BCUT2D eigenvalue weighted by molar-refractivity contribution is 0.375. The minimum Gasteiger partial charge on any atom is -0.398 e. The SMILES string of the molecule is Cc1cc(C)c(S(=O)(=O)N2CCC(C)(C)C2)c(C)c1N. The molecule has 0 radical (unpaired) electrons. The van der Waals surface area contributed by atoms with Gasteiger partial charge in [-0.15, -0.1) is 0 Å². The highest BCUT2D eigenvalue weighted by atomic mass is 32.2. The number of nitrogen functional groups attached to an aromatic ring is 1. The topological polar surface area (TPSA) is 63.4 Å². The normalized spacial score (nSPS) is 19.4. The maximum Gasteiger partial charge on any atom is 0.243 e. The summed E-state index contributed by atoms with van der Waals surface area (Å²) in [6, 6.07) is 1.86. The third kappa shape index (κ3) is 2.44. The molecule has 20 heavy (non-hydrogen) atoms.